The molecule has 1 amide bonds. The maximum absolute atomic E-state index is 11.3. The fraction of sp³-hybridized carbons (Fsp3) is 0.375. The molecule has 4 heteroatoms. The van der Waals surface area contributed by atoms with Crippen LogP contribution in [0, 0.1) is 6.92 Å². The summed E-state index contributed by atoms with van der Waals surface area (Å²) in [5.74, 6) is -0.0116. The van der Waals surface area contributed by atoms with Crippen molar-refractivity contribution in [3.63, 3.8) is 0 Å². The molecule has 1 aliphatic rings. The van der Waals surface area contributed by atoms with E-state index < -0.39 is 0 Å². The minimum absolute atomic E-state index is 0.0116. The predicted octanol–water partition coefficient (Wildman–Crippen LogP) is 0.241. The summed E-state index contributed by atoms with van der Waals surface area (Å²) in [6.07, 6.45) is 3.13. The van der Waals surface area contributed by atoms with Gasteiger partial charge in [-0.05, 0) is 6.92 Å². The van der Waals surface area contributed by atoms with Crippen LogP contribution >= 0.6 is 0 Å². The van der Waals surface area contributed by atoms with Crippen LogP contribution < -0.4 is 0 Å². The Morgan fingerprint density at radius 3 is 2.67 bits per heavy atom. The molecule has 0 spiro atoms. The van der Waals surface area contributed by atoms with Crippen molar-refractivity contribution < 1.29 is 4.79 Å². The van der Waals surface area contributed by atoms with Crippen LogP contribution in [0.15, 0.2) is 12.4 Å². The zero-order chi connectivity index (χ0) is 8.55. The number of amides is 1. The van der Waals surface area contributed by atoms with E-state index in [4.69, 9.17) is 0 Å². The fourth-order valence-corrected chi connectivity index (χ4v) is 0.918. The summed E-state index contributed by atoms with van der Waals surface area (Å²) in [5, 5.41) is 0. The van der Waals surface area contributed by atoms with Gasteiger partial charge in [-0.25, -0.2) is 4.98 Å². The number of carbonyl (C=O) groups is 1. The molecule has 12 heavy (non-hydrogen) atoms. The summed E-state index contributed by atoms with van der Waals surface area (Å²) in [4.78, 5) is 21.0. The van der Waals surface area contributed by atoms with Gasteiger partial charge in [0.1, 0.15) is 5.69 Å². The SMILES string of the molecule is Cc1cnc(C(=O)N2CC2)cn1. The number of hydrogen-bond donors (Lipinski definition) is 0. The normalized spacial score (nSPS) is 14.6. The maximum Gasteiger partial charge on any atom is 0.274 e. The summed E-state index contributed by atoms with van der Waals surface area (Å²) in [7, 11) is 0. The van der Waals surface area contributed by atoms with Crippen molar-refractivity contribution in [3.8, 4) is 0 Å². The number of hydrogen-bond acceptors (Lipinski definition) is 3. The van der Waals surface area contributed by atoms with Crippen molar-refractivity contribution in [2.75, 3.05) is 13.1 Å². The Morgan fingerprint density at radius 1 is 1.42 bits per heavy atom. The van der Waals surface area contributed by atoms with Gasteiger partial charge in [0.2, 0.25) is 0 Å². The molecule has 2 heterocycles. The van der Waals surface area contributed by atoms with Crippen molar-refractivity contribution in [3.05, 3.63) is 23.8 Å². The standard InChI is InChI=1S/C8H9N3O/c1-6-4-10-7(5-9-6)8(12)11-2-3-11/h4-5H,2-3H2,1H3. The Morgan fingerprint density at radius 2 is 2.17 bits per heavy atom. The van der Waals surface area contributed by atoms with Gasteiger partial charge in [-0.2, -0.15) is 0 Å². The Labute approximate surface area is 70.2 Å². The van der Waals surface area contributed by atoms with Gasteiger partial charge >= 0.3 is 0 Å². The molecule has 0 radical (unpaired) electrons. The predicted molar refractivity (Wildman–Crippen MR) is 42.7 cm³/mol. The Balaban J connectivity index is 2.22. The molecule has 0 N–H and O–H groups in total. The topological polar surface area (TPSA) is 45.9 Å². The molecule has 0 aromatic carbocycles. The van der Waals surface area contributed by atoms with E-state index >= 15 is 0 Å². The Hall–Kier alpha value is -1.45. The highest BCUT2D eigenvalue weighted by Crippen LogP contribution is 2.08. The van der Waals surface area contributed by atoms with Crippen molar-refractivity contribution in [2.24, 2.45) is 0 Å². The second-order valence-corrected chi connectivity index (χ2v) is 2.84. The van der Waals surface area contributed by atoms with Crippen molar-refractivity contribution in [1.29, 1.82) is 0 Å². The molecule has 0 unspecified atom stereocenters. The second-order valence-electron chi connectivity index (χ2n) is 2.84. The van der Waals surface area contributed by atoms with E-state index in [1.54, 1.807) is 11.1 Å². The third-order valence-corrected chi connectivity index (χ3v) is 1.73. The van der Waals surface area contributed by atoms with Crippen LogP contribution in [0.1, 0.15) is 16.2 Å². The van der Waals surface area contributed by atoms with E-state index in [1.165, 1.54) is 6.20 Å². The number of aryl methyl sites for hydroxylation is 1. The number of nitrogens with zero attached hydrogens (tertiary/aromatic N) is 3. The van der Waals surface area contributed by atoms with E-state index in [0.717, 1.165) is 18.8 Å². The summed E-state index contributed by atoms with van der Waals surface area (Å²) in [6.45, 7) is 3.56. The number of carbonyl (C=O) groups excluding carboxylic acids is 1. The average molecular weight is 163 g/mol. The monoisotopic (exact) mass is 163 g/mol. The second kappa shape index (κ2) is 2.55. The van der Waals surface area contributed by atoms with E-state index in [0.29, 0.717) is 5.69 Å². The number of aromatic nitrogens is 2. The van der Waals surface area contributed by atoms with Crippen LogP contribution in [-0.2, 0) is 0 Å². The van der Waals surface area contributed by atoms with Crippen molar-refractivity contribution in [1.82, 2.24) is 14.9 Å². The first-order chi connectivity index (χ1) is 5.77. The molecule has 1 saturated heterocycles. The molecule has 0 aliphatic carbocycles. The lowest BCUT2D eigenvalue weighted by Gasteiger charge is -1.99. The lowest BCUT2D eigenvalue weighted by molar-refractivity contribution is 0.0879. The molecule has 1 fully saturated rings. The summed E-state index contributed by atoms with van der Waals surface area (Å²) in [6, 6.07) is 0. The number of rotatable bonds is 1. The van der Waals surface area contributed by atoms with Gasteiger partial charge in [-0.1, -0.05) is 0 Å². The fourth-order valence-electron chi connectivity index (χ4n) is 0.918. The van der Waals surface area contributed by atoms with Gasteiger partial charge in [0, 0.05) is 19.3 Å². The molecule has 1 aromatic heterocycles. The van der Waals surface area contributed by atoms with E-state index in [-0.39, 0.29) is 5.91 Å². The van der Waals surface area contributed by atoms with Gasteiger partial charge in [-0.3, -0.25) is 9.78 Å². The summed E-state index contributed by atoms with van der Waals surface area (Å²) in [5.41, 5.74) is 1.27. The lowest BCUT2D eigenvalue weighted by Crippen LogP contribution is -2.12. The molecule has 0 saturated carbocycles. The first-order valence-corrected chi connectivity index (χ1v) is 3.85. The molecule has 62 valence electrons. The highest BCUT2D eigenvalue weighted by Gasteiger charge is 2.26. The smallest absolute Gasteiger partial charge is 0.274 e. The van der Waals surface area contributed by atoms with Crippen LogP contribution in [0.25, 0.3) is 0 Å². The largest absolute Gasteiger partial charge is 0.334 e. The van der Waals surface area contributed by atoms with Crippen LogP contribution in [0.5, 0.6) is 0 Å². The minimum Gasteiger partial charge on any atom is -0.334 e. The first kappa shape index (κ1) is 7.21. The Kier molecular flexibility index (Phi) is 1.53. The van der Waals surface area contributed by atoms with Gasteiger partial charge < -0.3 is 4.90 Å². The summed E-state index contributed by atoms with van der Waals surface area (Å²) < 4.78 is 0. The van der Waals surface area contributed by atoms with E-state index in [9.17, 15) is 4.79 Å². The molecule has 2 rings (SSSR count). The Bertz CT molecular complexity index is 303. The van der Waals surface area contributed by atoms with E-state index in [1.807, 2.05) is 6.92 Å². The molecule has 1 aliphatic heterocycles. The third kappa shape index (κ3) is 1.28. The van der Waals surface area contributed by atoms with E-state index in [2.05, 4.69) is 9.97 Å². The highest BCUT2D eigenvalue weighted by molar-refractivity contribution is 5.93. The zero-order valence-corrected chi connectivity index (χ0v) is 6.82. The highest BCUT2D eigenvalue weighted by atomic mass is 16.2. The van der Waals surface area contributed by atoms with Gasteiger partial charge in [-0.15, -0.1) is 0 Å². The summed E-state index contributed by atoms with van der Waals surface area (Å²) >= 11 is 0. The van der Waals surface area contributed by atoms with Crippen molar-refractivity contribution in [2.45, 2.75) is 6.92 Å². The maximum atomic E-state index is 11.3. The lowest BCUT2D eigenvalue weighted by atomic mass is 10.4. The van der Waals surface area contributed by atoms with Crippen LogP contribution in [0.4, 0.5) is 0 Å². The molecular weight excluding hydrogens is 154 g/mol. The third-order valence-electron chi connectivity index (χ3n) is 1.73. The van der Waals surface area contributed by atoms with Crippen LogP contribution in [-0.4, -0.2) is 33.9 Å². The molecule has 1 aromatic rings. The van der Waals surface area contributed by atoms with Gasteiger partial charge in [0.15, 0.2) is 0 Å². The molecule has 0 bridgehead atoms. The quantitative estimate of drug-likeness (QED) is 0.557. The minimum atomic E-state index is -0.0116. The molecule has 0 atom stereocenters. The van der Waals surface area contributed by atoms with Gasteiger partial charge in [0.05, 0.1) is 11.9 Å². The van der Waals surface area contributed by atoms with Crippen LogP contribution in [0.3, 0.4) is 0 Å². The molecular formula is C8H9N3O. The van der Waals surface area contributed by atoms with Crippen molar-refractivity contribution >= 4 is 5.91 Å². The average Bonchev–Trinajstić information content (AvgIpc) is 2.87. The van der Waals surface area contributed by atoms with Gasteiger partial charge in [0.25, 0.3) is 5.91 Å². The first-order valence-electron chi connectivity index (χ1n) is 3.85. The van der Waals surface area contributed by atoms with Crippen LogP contribution in [0.2, 0.25) is 0 Å². The zero-order valence-electron chi connectivity index (χ0n) is 6.82. The molecule has 4 nitrogen and oxygen atoms in total.